The first-order valence-electron chi connectivity index (χ1n) is 4.94. The number of fused-ring (bicyclic) bond motifs is 1. The first-order chi connectivity index (χ1) is 8.28. The summed E-state index contributed by atoms with van der Waals surface area (Å²) in [5.74, 6) is 0.892. The Morgan fingerprint density at radius 2 is 2.29 bits per heavy atom. The Morgan fingerprint density at radius 3 is 3.06 bits per heavy atom. The predicted molar refractivity (Wildman–Crippen MR) is 62.3 cm³/mol. The van der Waals surface area contributed by atoms with Gasteiger partial charge in [0.25, 0.3) is 0 Å². The molecule has 0 atom stereocenters. The molecule has 1 aromatic carbocycles. The van der Waals surface area contributed by atoms with Gasteiger partial charge in [-0.05, 0) is 18.2 Å². The van der Waals surface area contributed by atoms with E-state index in [2.05, 4.69) is 20.3 Å². The van der Waals surface area contributed by atoms with Crippen LogP contribution in [0.15, 0.2) is 22.7 Å². The summed E-state index contributed by atoms with van der Waals surface area (Å²) in [6.07, 6.45) is 0. The highest BCUT2D eigenvalue weighted by molar-refractivity contribution is 6.34. The summed E-state index contributed by atoms with van der Waals surface area (Å²) in [5.41, 5.74) is 7.01. The minimum absolute atomic E-state index is 0.224. The second-order valence-corrected chi connectivity index (χ2v) is 3.86. The van der Waals surface area contributed by atoms with E-state index in [-0.39, 0.29) is 6.54 Å². The summed E-state index contributed by atoms with van der Waals surface area (Å²) in [6, 6.07) is 5.54. The Balaban J connectivity index is 2.13. The summed E-state index contributed by atoms with van der Waals surface area (Å²) in [6.45, 7) is 0.224. The number of halogens is 1. The summed E-state index contributed by atoms with van der Waals surface area (Å²) in [5, 5.41) is 11.9. The highest BCUT2D eigenvalue weighted by Crippen LogP contribution is 2.25. The fourth-order valence-electron chi connectivity index (χ4n) is 1.57. The highest BCUT2D eigenvalue weighted by Gasteiger charge is 2.10. The lowest BCUT2D eigenvalue weighted by Gasteiger charge is -1.94. The van der Waals surface area contributed by atoms with Gasteiger partial charge in [0.1, 0.15) is 5.15 Å². The second-order valence-electron chi connectivity index (χ2n) is 3.49. The van der Waals surface area contributed by atoms with Crippen LogP contribution in [0.2, 0.25) is 5.15 Å². The van der Waals surface area contributed by atoms with Crippen molar-refractivity contribution in [2.45, 2.75) is 6.54 Å². The third-order valence-electron chi connectivity index (χ3n) is 2.41. The first kappa shape index (κ1) is 10.2. The number of nitrogens with two attached hydrogens (primary N) is 1. The number of nitrogens with zero attached hydrogens (tertiary/aromatic N) is 3. The third kappa shape index (κ3) is 1.67. The van der Waals surface area contributed by atoms with E-state index in [9.17, 15) is 0 Å². The molecule has 0 bridgehead atoms. The number of nitrogens with one attached hydrogen (secondary N) is 1. The van der Waals surface area contributed by atoms with E-state index >= 15 is 0 Å². The maximum absolute atomic E-state index is 5.96. The van der Waals surface area contributed by atoms with Crippen LogP contribution in [0.5, 0.6) is 0 Å². The van der Waals surface area contributed by atoms with Gasteiger partial charge in [0, 0.05) is 10.9 Å². The lowest BCUT2D eigenvalue weighted by Crippen LogP contribution is -1.95. The molecule has 6 nitrogen and oxygen atoms in total. The lowest BCUT2D eigenvalue weighted by atomic mass is 10.1. The Bertz CT molecular complexity index is 674. The number of hydrogen-bond donors (Lipinski definition) is 2. The van der Waals surface area contributed by atoms with Gasteiger partial charge in [-0.2, -0.15) is 10.1 Å². The second kappa shape index (κ2) is 3.83. The molecule has 7 heteroatoms. The molecule has 0 spiro atoms. The average Bonchev–Trinajstić information content (AvgIpc) is 2.96. The van der Waals surface area contributed by atoms with Crippen LogP contribution in [0.4, 0.5) is 0 Å². The predicted octanol–water partition coefficient (Wildman–Crippen LogP) is 1.72. The van der Waals surface area contributed by atoms with E-state index in [0.29, 0.717) is 16.9 Å². The van der Waals surface area contributed by atoms with E-state index in [4.69, 9.17) is 21.9 Å². The zero-order chi connectivity index (χ0) is 11.8. The quantitative estimate of drug-likeness (QED) is 0.721. The summed E-state index contributed by atoms with van der Waals surface area (Å²) in [4.78, 5) is 4.14. The van der Waals surface area contributed by atoms with Crippen molar-refractivity contribution in [2.24, 2.45) is 5.73 Å². The summed E-state index contributed by atoms with van der Waals surface area (Å²) >= 11 is 5.96. The molecule has 0 saturated heterocycles. The van der Waals surface area contributed by atoms with Gasteiger partial charge in [-0.3, -0.25) is 5.10 Å². The molecule has 17 heavy (non-hydrogen) atoms. The molecule has 0 radical (unpaired) electrons. The Hall–Kier alpha value is -1.92. The molecule has 0 aliphatic heterocycles. The summed E-state index contributed by atoms with van der Waals surface area (Å²) < 4.78 is 4.95. The van der Waals surface area contributed by atoms with Crippen LogP contribution in [0.1, 0.15) is 5.89 Å². The van der Waals surface area contributed by atoms with Gasteiger partial charge in [-0.1, -0.05) is 16.8 Å². The number of rotatable bonds is 2. The average molecular weight is 250 g/mol. The van der Waals surface area contributed by atoms with E-state index in [1.165, 1.54) is 0 Å². The molecule has 2 aromatic heterocycles. The van der Waals surface area contributed by atoms with Gasteiger partial charge in [0.15, 0.2) is 0 Å². The number of aromatic amines is 1. The van der Waals surface area contributed by atoms with Crippen molar-refractivity contribution in [1.82, 2.24) is 20.3 Å². The van der Waals surface area contributed by atoms with Gasteiger partial charge in [-0.25, -0.2) is 0 Å². The van der Waals surface area contributed by atoms with E-state index < -0.39 is 0 Å². The van der Waals surface area contributed by atoms with Gasteiger partial charge in [-0.15, -0.1) is 0 Å². The Kier molecular flexibility index (Phi) is 2.31. The fraction of sp³-hybridized carbons (Fsp3) is 0.100. The molecule has 0 aliphatic rings. The van der Waals surface area contributed by atoms with E-state index in [0.717, 1.165) is 16.5 Å². The van der Waals surface area contributed by atoms with Crippen molar-refractivity contribution >= 4 is 22.5 Å². The zero-order valence-corrected chi connectivity index (χ0v) is 9.40. The minimum atomic E-state index is 0.224. The fourth-order valence-corrected chi connectivity index (χ4v) is 1.77. The highest BCUT2D eigenvalue weighted by atomic mass is 35.5. The molecule has 0 fully saturated rings. The minimum Gasteiger partial charge on any atom is -0.338 e. The van der Waals surface area contributed by atoms with Gasteiger partial charge < -0.3 is 10.3 Å². The van der Waals surface area contributed by atoms with Crippen LogP contribution in [0.25, 0.3) is 22.3 Å². The molecule has 0 aliphatic carbocycles. The number of aromatic nitrogens is 4. The van der Waals surface area contributed by atoms with Gasteiger partial charge in [0.05, 0.1) is 12.1 Å². The lowest BCUT2D eigenvalue weighted by molar-refractivity contribution is 0.380. The standard InChI is InChI=1S/C10H8ClN5O/c11-9-6-3-5(1-2-7(6)14-15-9)10-13-8(4-12)17-16-10/h1-3H,4,12H2,(H,14,15). The maximum Gasteiger partial charge on any atom is 0.240 e. The first-order valence-corrected chi connectivity index (χ1v) is 5.32. The number of hydrogen-bond acceptors (Lipinski definition) is 5. The molecule has 86 valence electrons. The van der Waals surface area contributed by atoms with E-state index in [1.54, 1.807) is 0 Å². The molecule has 3 aromatic rings. The topological polar surface area (TPSA) is 93.6 Å². The summed E-state index contributed by atoms with van der Waals surface area (Å²) in [7, 11) is 0. The molecular formula is C10H8ClN5O. The molecular weight excluding hydrogens is 242 g/mol. The van der Waals surface area contributed by atoms with E-state index in [1.807, 2.05) is 18.2 Å². The monoisotopic (exact) mass is 249 g/mol. The Labute approximate surface area is 101 Å². The SMILES string of the molecule is NCc1nc(-c2ccc3n[nH]c(Cl)c3c2)no1. The largest absolute Gasteiger partial charge is 0.338 e. The maximum atomic E-state index is 5.96. The van der Waals surface area contributed by atoms with Gasteiger partial charge in [0.2, 0.25) is 11.7 Å². The zero-order valence-electron chi connectivity index (χ0n) is 8.64. The third-order valence-corrected chi connectivity index (χ3v) is 2.70. The normalized spacial score (nSPS) is 11.2. The van der Waals surface area contributed by atoms with Crippen molar-refractivity contribution in [3.8, 4) is 11.4 Å². The van der Waals surface area contributed by atoms with Crippen molar-refractivity contribution in [2.75, 3.05) is 0 Å². The van der Waals surface area contributed by atoms with Crippen LogP contribution in [0.3, 0.4) is 0 Å². The van der Waals surface area contributed by atoms with Crippen molar-refractivity contribution in [3.63, 3.8) is 0 Å². The van der Waals surface area contributed by atoms with Gasteiger partial charge >= 0.3 is 0 Å². The van der Waals surface area contributed by atoms with Crippen molar-refractivity contribution in [3.05, 3.63) is 29.2 Å². The molecule has 0 saturated carbocycles. The molecule has 0 unspecified atom stereocenters. The number of benzene rings is 1. The number of H-pyrrole nitrogens is 1. The molecule has 3 rings (SSSR count). The molecule has 2 heterocycles. The van der Waals surface area contributed by atoms with Crippen LogP contribution < -0.4 is 5.73 Å². The van der Waals surface area contributed by atoms with Crippen molar-refractivity contribution in [1.29, 1.82) is 0 Å². The van der Waals surface area contributed by atoms with Crippen LogP contribution in [0, 0.1) is 0 Å². The van der Waals surface area contributed by atoms with Crippen molar-refractivity contribution < 1.29 is 4.52 Å². The van der Waals surface area contributed by atoms with Crippen LogP contribution >= 0.6 is 11.6 Å². The van der Waals surface area contributed by atoms with Crippen LogP contribution in [-0.4, -0.2) is 20.3 Å². The van der Waals surface area contributed by atoms with Crippen LogP contribution in [-0.2, 0) is 6.54 Å². The Morgan fingerprint density at radius 1 is 1.41 bits per heavy atom. The molecule has 3 N–H and O–H groups in total. The smallest absolute Gasteiger partial charge is 0.240 e. The molecule has 0 amide bonds.